The summed E-state index contributed by atoms with van der Waals surface area (Å²) in [4.78, 5) is 0. The Hall–Kier alpha value is -1.21. The number of fused-ring (bicyclic) bond motifs is 2. The van der Waals surface area contributed by atoms with Crippen LogP contribution in [0.2, 0.25) is 157 Å². The maximum Gasteiger partial charge on any atom is 0.124 e. The molecule has 10 heteroatoms. The molecular weight excluding hydrogens is 1030 g/mol. The maximum absolute atomic E-state index is 2.96. The molecular formula is C62H108Si10. The van der Waals surface area contributed by atoms with Gasteiger partial charge in [0.15, 0.2) is 0 Å². The second kappa shape index (κ2) is 18.7. The SMILES string of the molecule is CC(C)(C)c1cc(C([Si](C)(C)C)[Si](C)(C)C)c([Si@@H]2C(c3ccccc3)=C(c3ccccc3)[Si@@]23c2c(C([Si](C)(C)C)[Si](C)(C)C)cc(C(C)(C)C)cc2C3([Si](C)(C)C)[Si](C)(C)C)c(C([Si](C)(C)C)[Si](C)(C)C)c1. The van der Waals surface area contributed by atoms with Gasteiger partial charge in [0.1, 0.15) is 15.9 Å². The Labute approximate surface area is 456 Å². The average molecular weight is 1130 g/mol. The molecule has 2 atom stereocenters. The molecule has 6 rings (SSSR count). The third kappa shape index (κ3) is 10.0. The van der Waals surface area contributed by atoms with Crippen molar-refractivity contribution in [3.63, 3.8) is 0 Å². The maximum atomic E-state index is 2.96. The Balaban J connectivity index is 2.18. The van der Waals surface area contributed by atoms with Gasteiger partial charge in [-0.05, 0) is 63.6 Å². The molecule has 0 radical (unpaired) electrons. The molecule has 0 fully saturated rings. The summed E-state index contributed by atoms with van der Waals surface area (Å²) < 4.78 is 0.223. The van der Waals surface area contributed by atoms with Gasteiger partial charge in [0.25, 0.3) is 0 Å². The normalized spacial score (nSPS) is 19.6. The predicted octanol–water partition coefficient (Wildman–Crippen LogP) is 17.9. The van der Waals surface area contributed by atoms with Crippen molar-refractivity contribution in [2.75, 3.05) is 0 Å². The molecule has 0 saturated carbocycles. The van der Waals surface area contributed by atoms with Crippen LogP contribution in [0.4, 0.5) is 0 Å². The van der Waals surface area contributed by atoms with Gasteiger partial charge in [-0.2, -0.15) is 0 Å². The zero-order chi connectivity index (χ0) is 55.1. The van der Waals surface area contributed by atoms with Crippen LogP contribution in [0.15, 0.2) is 84.9 Å². The van der Waals surface area contributed by atoms with Gasteiger partial charge in [-0.25, -0.2) is 0 Å². The molecule has 72 heavy (non-hydrogen) atoms. The molecule has 0 N–H and O–H groups in total. The van der Waals surface area contributed by atoms with Gasteiger partial charge in [0.05, 0.1) is 16.1 Å². The molecule has 2 aliphatic heterocycles. The summed E-state index contributed by atoms with van der Waals surface area (Å²) in [7, 11) is -20.2. The van der Waals surface area contributed by atoms with Crippen molar-refractivity contribution in [1.29, 1.82) is 0 Å². The lowest BCUT2D eigenvalue weighted by atomic mass is 9.85. The highest BCUT2D eigenvalue weighted by Crippen LogP contribution is 2.68. The van der Waals surface area contributed by atoms with Crippen molar-refractivity contribution in [2.24, 2.45) is 0 Å². The summed E-state index contributed by atoms with van der Waals surface area (Å²) in [6, 6.07) is 36.4. The van der Waals surface area contributed by atoms with E-state index in [0.29, 0.717) is 15.5 Å². The fourth-order valence-corrected chi connectivity index (χ4v) is 108. The average Bonchev–Trinajstić information content (AvgIpc) is 3.11. The Morgan fingerprint density at radius 1 is 0.403 bits per heavy atom. The van der Waals surface area contributed by atoms with E-state index < -0.39 is 80.5 Å². The van der Waals surface area contributed by atoms with Crippen molar-refractivity contribution >= 4 is 101 Å². The van der Waals surface area contributed by atoms with Gasteiger partial charge in [-0.15, -0.1) is 0 Å². The molecule has 2 heterocycles. The van der Waals surface area contributed by atoms with Crippen molar-refractivity contribution in [3.05, 3.63) is 129 Å². The summed E-state index contributed by atoms with van der Waals surface area (Å²) in [5, 5.41) is 9.73. The molecule has 0 nitrogen and oxygen atoms in total. The molecule has 2 aliphatic rings. The third-order valence-corrected chi connectivity index (χ3v) is 78.8. The van der Waals surface area contributed by atoms with Gasteiger partial charge in [-0.3, -0.25) is 0 Å². The van der Waals surface area contributed by atoms with Crippen LogP contribution in [0.3, 0.4) is 0 Å². The third-order valence-electron chi connectivity index (χ3n) is 17.7. The minimum Gasteiger partial charge on any atom is -0.0693 e. The molecule has 396 valence electrons. The van der Waals surface area contributed by atoms with Gasteiger partial charge >= 0.3 is 0 Å². The molecule has 0 unspecified atom stereocenters. The Morgan fingerprint density at radius 3 is 1.03 bits per heavy atom. The molecule has 1 spiro atoms. The minimum atomic E-state index is -2.80. The second-order valence-corrected chi connectivity index (χ2v) is 89.4. The van der Waals surface area contributed by atoms with Gasteiger partial charge in [0, 0.05) is 48.4 Å². The van der Waals surface area contributed by atoms with Crippen LogP contribution < -0.4 is 10.4 Å². The van der Waals surface area contributed by atoms with Crippen LogP contribution in [-0.2, 0) is 15.1 Å². The zero-order valence-corrected chi connectivity index (χ0v) is 62.5. The minimum absolute atomic E-state index is 0.0420. The lowest BCUT2D eigenvalue weighted by Gasteiger charge is -2.77. The molecule has 0 saturated heterocycles. The molecule has 0 aliphatic carbocycles. The van der Waals surface area contributed by atoms with Crippen molar-refractivity contribution in [2.45, 2.75) is 229 Å². The summed E-state index contributed by atoms with van der Waals surface area (Å²) in [6.07, 6.45) is 0. The highest BCUT2D eigenvalue weighted by molar-refractivity contribution is 7.67. The number of benzene rings is 4. The van der Waals surface area contributed by atoms with Crippen molar-refractivity contribution < 1.29 is 0 Å². The quantitative estimate of drug-likeness (QED) is 0.110. The summed E-state index contributed by atoms with van der Waals surface area (Å²) in [5.41, 5.74) is 14.0. The van der Waals surface area contributed by atoms with E-state index in [2.05, 4.69) is 284 Å². The first-order valence-corrected chi connectivity index (χ1v) is 61.8. The highest BCUT2D eigenvalue weighted by atomic mass is 29.2. The summed E-state index contributed by atoms with van der Waals surface area (Å²) in [6.45, 7) is 82.6. The lowest BCUT2D eigenvalue weighted by molar-refractivity contribution is 0.588. The van der Waals surface area contributed by atoms with E-state index in [-0.39, 0.29) is 15.1 Å². The monoisotopic (exact) mass is 1130 g/mol. The first kappa shape index (κ1) is 60.0. The molecule has 0 aromatic heterocycles. The van der Waals surface area contributed by atoms with Crippen LogP contribution in [0.25, 0.3) is 10.4 Å². The van der Waals surface area contributed by atoms with Crippen LogP contribution in [0.1, 0.15) is 102 Å². The Kier molecular flexibility index (Phi) is 15.6. The van der Waals surface area contributed by atoms with Crippen LogP contribution >= 0.6 is 0 Å². The molecule has 0 bridgehead atoms. The van der Waals surface area contributed by atoms with E-state index in [1.54, 1.807) is 22.3 Å². The number of rotatable bonds is 14. The van der Waals surface area contributed by atoms with E-state index in [4.69, 9.17) is 0 Å². The van der Waals surface area contributed by atoms with Crippen LogP contribution in [-0.4, -0.2) is 80.5 Å². The fourth-order valence-electron chi connectivity index (χ4n) is 17.7. The fraction of sp³-hybridized carbons (Fsp3) is 0.581. The van der Waals surface area contributed by atoms with E-state index in [9.17, 15) is 0 Å². The first-order valence-electron chi connectivity index (χ1n) is 28.3. The Bertz CT molecular complexity index is 2550. The molecule has 4 aromatic carbocycles. The predicted molar refractivity (Wildman–Crippen MR) is 359 cm³/mol. The first-order chi connectivity index (χ1) is 32.1. The largest absolute Gasteiger partial charge is 0.124 e. The van der Waals surface area contributed by atoms with E-state index in [1.807, 2.05) is 43.0 Å². The van der Waals surface area contributed by atoms with Crippen molar-refractivity contribution in [1.82, 2.24) is 0 Å². The number of hydrogen-bond acceptors (Lipinski definition) is 0. The molecule has 4 aromatic rings. The van der Waals surface area contributed by atoms with Gasteiger partial charge < -0.3 is 0 Å². The lowest BCUT2D eigenvalue weighted by Crippen LogP contribution is -2.98. The van der Waals surface area contributed by atoms with Crippen LogP contribution in [0.5, 0.6) is 0 Å². The Morgan fingerprint density at radius 2 is 0.708 bits per heavy atom. The van der Waals surface area contributed by atoms with Gasteiger partial charge in [0.2, 0.25) is 0 Å². The van der Waals surface area contributed by atoms with E-state index in [0.717, 1.165) is 0 Å². The zero-order valence-electron chi connectivity index (χ0n) is 52.4. The molecule has 0 amide bonds. The van der Waals surface area contributed by atoms with Crippen LogP contribution in [0, 0.1) is 0 Å². The summed E-state index contributed by atoms with van der Waals surface area (Å²) >= 11 is 0. The van der Waals surface area contributed by atoms with E-state index in [1.165, 1.54) is 0 Å². The summed E-state index contributed by atoms with van der Waals surface area (Å²) in [5.74, 6) is 0. The van der Waals surface area contributed by atoms with E-state index >= 15 is 0 Å². The van der Waals surface area contributed by atoms with Crippen molar-refractivity contribution in [3.8, 4) is 0 Å². The number of hydrogen-bond donors (Lipinski definition) is 0. The topological polar surface area (TPSA) is 0 Å². The highest BCUT2D eigenvalue weighted by Gasteiger charge is 2.83. The standard InChI is InChI=1S/C62H108Si10/c1-60(2,3)47-41-49(57(64(7,8)9)65(10,11)12)54(50(42-47)58(66(13,14)15)67(16,17)18)63-53(45-37-33-31-34-38-45)55(46-39-35-32-36-40-46)72(63)56-51(59(68(19,20)21)69(22,23)24)43-48(61(4,5)6)44-52(56)62(72,70(25,26)27)71(28,29)30/h31-44,57-59,63H,1-30H3/t63-,72-/m0/s1. The second-order valence-electron chi connectivity index (χ2n) is 34.1. The van der Waals surface area contributed by atoms with Gasteiger partial charge in [-0.1, -0.05) is 316 Å². The smallest absolute Gasteiger partial charge is 0.0693 e.